The Labute approximate surface area is 132 Å². The average molecular weight is 302 g/mol. The molecule has 120 valence electrons. The van der Waals surface area contributed by atoms with Crippen molar-refractivity contribution in [2.45, 2.75) is 59.5 Å². The molecule has 1 heterocycles. The Kier molecular flexibility index (Phi) is 4.59. The van der Waals surface area contributed by atoms with E-state index >= 15 is 0 Å². The van der Waals surface area contributed by atoms with Crippen molar-refractivity contribution in [3.8, 4) is 0 Å². The van der Waals surface area contributed by atoms with Crippen LogP contribution in [0, 0.1) is 5.41 Å². The molecule has 0 radical (unpaired) electrons. The van der Waals surface area contributed by atoms with Crippen LogP contribution in [0.2, 0.25) is 0 Å². The number of amides is 2. The fourth-order valence-corrected chi connectivity index (χ4v) is 2.78. The van der Waals surface area contributed by atoms with Crippen molar-refractivity contribution in [2.24, 2.45) is 5.41 Å². The van der Waals surface area contributed by atoms with Gasteiger partial charge in [-0.1, -0.05) is 25.1 Å². The van der Waals surface area contributed by atoms with Crippen LogP contribution in [-0.4, -0.2) is 23.9 Å². The summed E-state index contributed by atoms with van der Waals surface area (Å²) in [5, 5.41) is 2.93. The second kappa shape index (κ2) is 6.11. The van der Waals surface area contributed by atoms with Crippen molar-refractivity contribution in [1.82, 2.24) is 5.32 Å². The number of nitrogens with zero attached hydrogens (tertiary/aromatic N) is 1. The second-order valence-electron chi connectivity index (χ2n) is 6.76. The monoisotopic (exact) mass is 302 g/mol. The molecule has 2 amide bonds. The van der Waals surface area contributed by atoms with Crippen LogP contribution in [0.3, 0.4) is 0 Å². The van der Waals surface area contributed by atoms with E-state index in [-0.39, 0.29) is 23.9 Å². The normalized spacial score (nSPS) is 18.8. The molecule has 4 nitrogen and oxygen atoms in total. The van der Waals surface area contributed by atoms with E-state index in [0.29, 0.717) is 0 Å². The lowest BCUT2D eigenvalue weighted by atomic mass is 9.89. The highest BCUT2D eigenvalue weighted by Gasteiger charge is 2.43. The van der Waals surface area contributed by atoms with Gasteiger partial charge in [-0.05, 0) is 52.2 Å². The molecule has 0 saturated heterocycles. The maximum absolute atomic E-state index is 13.0. The Bertz CT molecular complexity index is 580. The van der Waals surface area contributed by atoms with Gasteiger partial charge in [0.2, 0.25) is 11.8 Å². The zero-order valence-corrected chi connectivity index (χ0v) is 14.1. The molecule has 0 aliphatic carbocycles. The summed E-state index contributed by atoms with van der Waals surface area (Å²) in [7, 11) is 0. The predicted octanol–water partition coefficient (Wildman–Crippen LogP) is 2.91. The highest BCUT2D eigenvalue weighted by Crippen LogP contribution is 2.35. The quantitative estimate of drug-likeness (QED) is 0.869. The van der Waals surface area contributed by atoms with Crippen LogP contribution in [0.15, 0.2) is 24.3 Å². The minimum absolute atomic E-state index is 0.0721. The van der Waals surface area contributed by atoms with E-state index in [9.17, 15) is 9.59 Å². The SMILES string of the molecule is CCC(C)NC(=O)C(C)(C)C(=O)N1c2ccccc2CC1C. The van der Waals surface area contributed by atoms with E-state index < -0.39 is 5.41 Å². The molecule has 1 N–H and O–H groups in total. The molecule has 0 spiro atoms. The van der Waals surface area contributed by atoms with E-state index in [0.717, 1.165) is 18.5 Å². The van der Waals surface area contributed by atoms with Crippen LogP contribution >= 0.6 is 0 Å². The summed E-state index contributed by atoms with van der Waals surface area (Å²) >= 11 is 0. The molecule has 0 aromatic heterocycles. The summed E-state index contributed by atoms with van der Waals surface area (Å²) in [6, 6.07) is 8.08. The predicted molar refractivity (Wildman–Crippen MR) is 88.8 cm³/mol. The molecule has 1 aromatic rings. The number of rotatable bonds is 4. The number of fused-ring (bicyclic) bond motifs is 1. The van der Waals surface area contributed by atoms with Crippen molar-refractivity contribution < 1.29 is 9.59 Å². The fraction of sp³-hybridized carbons (Fsp3) is 0.556. The number of carbonyl (C=O) groups is 2. The Hall–Kier alpha value is -1.84. The molecule has 2 unspecified atom stereocenters. The number of hydrogen-bond acceptors (Lipinski definition) is 2. The van der Waals surface area contributed by atoms with Crippen molar-refractivity contribution in [1.29, 1.82) is 0 Å². The molecule has 1 aliphatic rings. The molecular weight excluding hydrogens is 276 g/mol. The van der Waals surface area contributed by atoms with Gasteiger partial charge in [0.1, 0.15) is 5.41 Å². The molecule has 2 atom stereocenters. The van der Waals surface area contributed by atoms with Crippen LogP contribution in [0.1, 0.15) is 46.6 Å². The minimum atomic E-state index is -1.07. The molecule has 22 heavy (non-hydrogen) atoms. The number of anilines is 1. The lowest BCUT2D eigenvalue weighted by Crippen LogP contribution is -2.52. The molecule has 2 rings (SSSR count). The summed E-state index contributed by atoms with van der Waals surface area (Å²) in [5.41, 5.74) is 1.03. The summed E-state index contributed by atoms with van der Waals surface area (Å²) < 4.78 is 0. The maximum Gasteiger partial charge on any atom is 0.242 e. The van der Waals surface area contributed by atoms with Crippen LogP contribution in [0.4, 0.5) is 5.69 Å². The van der Waals surface area contributed by atoms with Gasteiger partial charge < -0.3 is 10.2 Å². The van der Waals surface area contributed by atoms with Gasteiger partial charge in [0.15, 0.2) is 0 Å². The number of nitrogens with one attached hydrogen (secondary N) is 1. The van der Waals surface area contributed by atoms with E-state index in [4.69, 9.17) is 0 Å². The van der Waals surface area contributed by atoms with Gasteiger partial charge >= 0.3 is 0 Å². The molecular formula is C18H26N2O2. The Morgan fingerprint density at radius 1 is 1.36 bits per heavy atom. The lowest BCUT2D eigenvalue weighted by Gasteiger charge is -2.32. The largest absolute Gasteiger partial charge is 0.353 e. The van der Waals surface area contributed by atoms with Crippen LogP contribution in [0.25, 0.3) is 0 Å². The van der Waals surface area contributed by atoms with Crippen molar-refractivity contribution >= 4 is 17.5 Å². The number of benzene rings is 1. The van der Waals surface area contributed by atoms with Gasteiger partial charge in [-0.2, -0.15) is 0 Å². The smallest absolute Gasteiger partial charge is 0.242 e. The third-order valence-electron chi connectivity index (χ3n) is 4.52. The third kappa shape index (κ3) is 2.87. The van der Waals surface area contributed by atoms with Gasteiger partial charge in [0.05, 0.1) is 0 Å². The molecule has 4 heteroatoms. The number of hydrogen-bond donors (Lipinski definition) is 1. The molecule has 1 aliphatic heterocycles. The van der Waals surface area contributed by atoms with E-state index in [1.165, 1.54) is 5.56 Å². The Morgan fingerprint density at radius 3 is 2.64 bits per heavy atom. The van der Waals surface area contributed by atoms with Crippen LogP contribution in [0.5, 0.6) is 0 Å². The minimum Gasteiger partial charge on any atom is -0.353 e. The molecule has 0 saturated carbocycles. The summed E-state index contributed by atoms with van der Waals surface area (Å²) in [6.07, 6.45) is 1.68. The Balaban J connectivity index is 2.25. The fourth-order valence-electron chi connectivity index (χ4n) is 2.78. The Morgan fingerprint density at radius 2 is 2.00 bits per heavy atom. The van der Waals surface area contributed by atoms with Crippen LogP contribution in [-0.2, 0) is 16.0 Å². The molecule has 0 fully saturated rings. The topological polar surface area (TPSA) is 49.4 Å². The van der Waals surface area contributed by atoms with Gasteiger partial charge in [-0.3, -0.25) is 9.59 Å². The summed E-state index contributed by atoms with van der Waals surface area (Å²) in [4.78, 5) is 27.3. The highest BCUT2D eigenvalue weighted by molar-refractivity contribution is 6.12. The second-order valence-corrected chi connectivity index (χ2v) is 6.76. The molecule has 0 bridgehead atoms. The average Bonchev–Trinajstić information content (AvgIpc) is 2.81. The standard InChI is InChI=1S/C18H26N2O2/c1-6-12(2)19-16(21)18(4,5)17(22)20-13(3)11-14-9-7-8-10-15(14)20/h7-10,12-13H,6,11H2,1-5H3,(H,19,21). The van der Waals surface area contributed by atoms with E-state index in [1.807, 2.05) is 45.0 Å². The van der Waals surface area contributed by atoms with Gasteiger partial charge in [-0.25, -0.2) is 0 Å². The van der Waals surface area contributed by atoms with E-state index in [2.05, 4.69) is 5.32 Å². The van der Waals surface area contributed by atoms with Crippen molar-refractivity contribution in [3.05, 3.63) is 29.8 Å². The van der Waals surface area contributed by atoms with Gasteiger partial charge in [0, 0.05) is 17.8 Å². The van der Waals surface area contributed by atoms with Crippen molar-refractivity contribution in [3.63, 3.8) is 0 Å². The number of carbonyl (C=O) groups excluding carboxylic acids is 2. The van der Waals surface area contributed by atoms with Gasteiger partial charge in [0.25, 0.3) is 0 Å². The summed E-state index contributed by atoms with van der Waals surface area (Å²) in [6.45, 7) is 9.41. The maximum atomic E-state index is 13.0. The molecule has 1 aromatic carbocycles. The van der Waals surface area contributed by atoms with E-state index in [1.54, 1.807) is 18.7 Å². The first-order valence-corrected chi connectivity index (χ1v) is 8.01. The first-order valence-electron chi connectivity index (χ1n) is 8.01. The van der Waals surface area contributed by atoms with Crippen molar-refractivity contribution in [2.75, 3.05) is 4.90 Å². The summed E-state index contributed by atoms with van der Waals surface area (Å²) in [5.74, 6) is -0.339. The zero-order valence-electron chi connectivity index (χ0n) is 14.1. The highest BCUT2D eigenvalue weighted by atomic mass is 16.2. The van der Waals surface area contributed by atoms with Gasteiger partial charge in [-0.15, -0.1) is 0 Å². The zero-order chi connectivity index (χ0) is 16.5. The third-order valence-corrected chi connectivity index (χ3v) is 4.52. The first-order chi connectivity index (χ1) is 10.3. The number of para-hydroxylation sites is 1. The first kappa shape index (κ1) is 16.5. The lowest BCUT2D eigenvalue weighted by molar-refractivity contribution is -0.140. The van der Waals surface area contributed by atoms with Crippen LogP contribution < -0.4 is 10.2 Å².